The molecule has 7 nitrogen and oxygen atoms in total. The van der Waals surface area contributed by atoms with E-state index in [0.29, 0.717) is 6.54 Å². The molecule has 1 atom stereocenters. The average molecular weight is 396 g/mol. The van der Waals surface area contributed by atoms with Gasteiger partial charge in [0.2, 0.25) is 5.91 Å². The van der Waals surface area contributed by atoms with Crippen LogP contribution in [-0.2, 0) is 15.1 Å². The quantitative estimate of drug-likeness (QED) is 0.836. The molecular formula is C19H30ClN5O2. The number of aromatic nitrogens is 2. The lowest BCUT2D eigenvalue weighted by molar-refractivity contribution is -0.147. The van der Waals surface area contributed by atoms with Crippen LogP contribution in [0.3, 0.4) is 0 Å². The van der Waals surface area contributed by atoms with E-state index in [1.54, 1.807) is 6.20 Å². The molecule has 3 aliphatic heterocycles. The van der Waals surface area contributed by atoms with Crippen LogP contribution < -0.4 is 5.32 Å². The van der Waals surface area contributed by atoms with Crippen molar-refractivity contribution in [3.05, 3.63) is 18.5 Å². The number of likely N-dealkylation sites (tertiary alicyclic amines) is 2. The van der Waals surface area contributed by atoms with Crippen LogP contribution in [0.15, 0.2) is 18.5 Å². The fourth-order valence-electron chi connectivity index (χ4n) is 4.76. The molecule has 0 aliphatic carbocycles. The van der Waals surface area contributed by atoms with Crippen LogP contribution in [0.4, 0.5) is 0 Å². The number of hydrogen-bond acceptors (Lipinski definition) is 4. The van der Waals surface area contributed by atoms with Crippen molar-refractivity contribution in [1.82, 2.24) is 24.9 Å². The summed E-state index contributed by atoms with van der Waals surface area (Å²) in [5, 5.41) is 7.76. The maximum atomic E-state index is 13.6. The van der Waals surface area contributed by atoms with Crippen molar-refractivity contribution in [1.29, 1.82) is 0 Å². The first kappa shape index (κ1) is 20.1. The number of carbonyl (C=O) groups is 2. The number of carbonyl (C=O) groups excluding carboxylic acids is 2. The van der Waals surface area contributed by atoms with E-state index in [-0.39, 0.29) is 30.1 Å². The minimum Gasteiger partial charge on any atom is -0.342 e. The standard InChI is InChI=1S/C19H29N5O2.ClH/c25-17(22-11-1-2-12-22)16-5-3-13-23(15-16)18(26)19(6-9-20-10-7-19)24-14-4-8-21-24;/h4,8,14,16,20H,1-3,5-7,9-13,15H2;1H. The van der Waals surface area contributed by atoms with E-state index in [0.717, 1.165) is 71.2 Å². The van der Waals surface area contributed by atoms with Crippen molar-refractivity contribution in [2.24, 2.45) is 5.92 Å². The number of nitrogens with zero attached hydrogens (tertiary/aromatic N) is 4. The fraction of sp³-hybridized carbons (Fsp3) is 0.737. The lowest BCUT2D eigenvalue weighted by Crippen LogP contribution is -2.58. The molecule has 2 amide bonds. The number of rotatable bonds is 3. The van der Waals surface area contributed by atoms with E-state index in [1.165, 1.54) is 0 Å². The third kappa shape index (κ3) is 3.85. The summed E-state index contributed by atoms with van der Waals surface area (Å²) >= 11 is 0. The van der Waals surface area contributed by atoms with Crippen molar-refractivity contribution < 1.29 is 9.59 Å². The minimum atomic E-state index is -0.604. The van der Waals surface area contributed by atoms with Crippen LogP contribution in [0.25, 0.3) is 0 Å². The predicted octanol–water partition coefficient (Wildman–Crippen LogP) is 1.24. The molecule has 3 saturated heterocycles. The Labute approximate surface area is 166 Å². The third-order valence-electron chi connectivity index (χ3n) is 6.25. The maximum absolute atomic E-state index is 13.6. The zero-order valence-corrected chi connectivity index (χ0v) is 16.6. The summed E-state index contributed by atoms with van der Waals surface area (Å²) in [6.45, 7) is 4.70. The van der Waals surface area contributed by atoms with Gasteiger partial charge in [0.25, 0.3) is 5.91 Å². The largest absolute Gasteiger partial charge is 0.342 e. The summed E-state index contributed by atoms with van der Waals surface area (Å²) in [6.07, 6.45) is 9.16. The SMILES string of the molecule is Cl.O=C(C1CCCN(C(=O)C2(n3cccn3)CCNCC2)C1)N1CCCC1. The monoisotopic (exact) mass is 395 g/mol. The Balaban J connectivity index is 0.00000210. The van der Waals surface area contributed by atoms with Gasteiger partial charge in [0.05, 0.1) is 5.92 Å². The van der Waals surface area contributed by atoms with Gasteiger partial charge in [0.1, 0.15) is 5.54 Å². The van der Waals surface area contributed by atoms with Gasteiger partial charge in [0, 0.05) is 38.6 Å². The Morgan fingerprint density at radius 1 is 1.04 bits per heavy atom. The molecule has 0 aromatic carbocycles. The average Bonchev–Trinajstić information content (AvgIpc) is 3.41. The molecule has 8 heteroatoms. The summed E-state index contributed by atoms with van der Waals surface area (Å²) in [6, 6.07) is 1.88. The molecule has 1 N–H and O–H groups in total. The Hall–Kier alpha value is -1.60. The molecule has 4 rings (SSSR count). The Morgan fingerprint density at radius 2 is 1.74 bits per heavy atom. The molecular weight excluding hydrogens is 366 g/mol. The lowest BCUT2D eigenvalue weighted by Gasteiger charge is -2.42. The molecule has 4 heterocycles. The summed E-state index contributed by atoms with van der Waals surface area (Å²) in [4.78, 5) is 30.3. The molecule has 0 saturated carbocycles. The second-order valence-electron chi connectivity index (χ2n) is 7.85. The molecule has 3 aliphatic rings. The van der Waals surface area contributed by atoms with Gasteiger partial charge in [-0.25, -0.2) is 0 Å². The zero-order valence-electron chi connectivity index (χ0n) is 15.8. The smallest absolute Gasteiger partial charge is 0.250 e. The summed E-state index contributed by atoms with van der Waals surface area (Å²) in [5.41, 5.74) is -0.604. The number of hydrogen-bond donors (Lipinski definition) is 1. The van der Waals surface area contributed by atoms with Crippen molar-refractivity contribution >= 4 is 24.2 Å². The molecule has 1 aromatic heterocycles. The van der Waals surface area contributed by atoms with E-state index in [2.05, 4.69) is 10.4 Å². The molecule has 1 unspecified atom stereocenters. The molecule has 0 bridgehead atoms. The highest BCUT2D eigenvalue weighted by Gasteiger charge is 2.46. The number of piperidine rings is 2. The van der Waals surface area contributed by atoms with Crippen LogP contribution in [-0.4, -0.2) is 70.7 Å². The first-order valence-corrected chi connectivity index (χ1v) is 10.00. The molecule has 150 valence electrons. The summed E-state index contributed by atoms with van der Waals surface area (Å²) < 4.78 is 1.85. The Kier molecular flexibility index (Phi) is 6.42. The predicted molar refractivity (Wildman–Crippen MR) is 105 cm³/mol. The topological polar surface area (TPSA) is 70.5 Å². The highest BCUT2D eigenvalue weighted by molar-refractivity contribution is 5.86. The summed E-state index contributed by atoms with van der Waals surface area (Å²) in [5.74, 6) is 0.349. The van der Waals surface area contributed by atoms with Crippen LogP contribution in [0.5, 0.6) is 0 Å². The van der Waals surface area contributed by atoms with Crippen LogP contribution >= 0.6 is 12.4 Å². The van der Waals surface area contributed by atoms with Gasteiger partial charge in [-0.1, -0.05) is 0 Å². The lowest BCUT2D eigenvalue weighted by atomic mass is 9.85. The normalized spacial score (nSPS) is 25.1. The van der Waals surface area contributed by atoms with Crippen LogP contribution in [0.2, 0.25) is 0 Å². The van der Waals surface area contributed by atoms with Crippen LogP contribution in [0, 0.1) is 5.92 Å². The fourth-order valence-corrected chi connectivity index (χ4v) is 4.76. The van der Waals surface area contributed by atoms with E-state index < -0.39 is 5.54 Å². The number of nitrogens with one attached hydrogen (secondary N) is 1. The van der Waals surface area contributed by atoms with Gasteiger partial charge in [-0.3, -0.25) is 14.3 Å². The second kappa shape index (κ2) is 8.61. The maximum Gasteiger partial charge on any atom is 0.250 e. The van der Waals surface area contributed by atoms with Gasteiger partial charge in [-0.2, -0.15) is 5.10 Å². The van der Waals surface area contributed by atoms with Gasteiger partial charge < -0.3 is 15.1 Å². The molecule has 3 fully saturated rings. The van der Waals surface area contributed by atoms with Crippen molar-refractivity contribution in [3.8, 4) is 0 Å². The number of halogens is 1. The van der Waals surface area contributed by atoms with Gasteiger partial charge in [-0.05, 0) is 57.7 Å². The van der Waals surface area contributed by atoms with Crippen molar-refractivity contribution in [2.75, 3.05) is 39.3 Å². The first-order chi connectivity index (χ1) is 12.7. The molecule has 0 spiro atoms. The van der Waals surface area contributed by atoms with E-state index in [9.17, 15) is 9.59 Å². The van der Waals surface area contributed by atoms with E-state index in [4.69, 9.17) is 0 Å². The van der Waals surface area contributed by atoms with E-state index >= 15 is 0 Å². The highest BCUT2D eigenvalue weighted by Crippen LogP contribution is 2.32. The Morgan fingerprint density at radius 3 is 2.41 bits per heavy atom. The third-order valence-corrected chi connectivity index (χ3v) is 6.25. The molecule has 27 heavy (non-hydrogen) atoms. The second-order valence-corrected chi connectivity index (χ2v) is 7.85. The van der Waals surface area contributed by atoms with Gasteiger partial charge in [0.15, 0.2) is 0 Å². The van der Waals surface area contributed by atoms with Crippen molar-refractivity contribution in [3.63, 3.8) is 0 Å². The molecule has 0 radical (unpaired) electrons. The first-order valence-electron chi connectivity index (χ1n) is 10.00. The Bertz CT molecular complexity index is 639. The molecule has 1 aromatic rings. The van der Waals surface area contributed by atoms with E-state index in [1.807, 2.05) is 26.7 Å². The van der Waals surface area contributed by atoms with Crippen molar-refractivity contribution in [2.45, 2.75) is 44.1 Å². The highest BCUT2D eigenvalue weighted by atomic mass is 35.5. The van der Waals surface area contributed by atoms with Crippen LogP contribution in [0.1, 0.15) is 38.5 Å². The minimum absolute atomic E-state index is 0. The zero-order chi connectivity index (χ0) is 18.0. The summed E-state index contributed by atoms with van der Waals surface area (Å²) in [7, 11) is 0. The number of amides is 2. The van der Waals surface area contributed by atoms with Gasteiger partial charge >= 0.3 is 0 Å². The van der Waals surface area contributed by atoms with Gasteiger partial charge in [-0.15, -0.1) is 12.4 Å².